The Hall–Kier alpha value is -3.15. The molecule has 2 N–H and O–H groups in total. The topological polar surface area (TPSA) is 78.5 Å². The van der Waals surface area contributed by atoms with Crippen LogP contribution in [0.2, 0.25) is 0 Å². The van der Waals surface area contributed by atoms with Crippen LogP contribution in [0.3, 0.4) is 0 Å². The molecule has 0 spiro atoms. The maximum Gasteiger partial charge on any atom is 0.251 e. The number of nitrogens with zero attached hydrogens (tertiary/aromatic N) is 1. The highest BCUT2D eigenvalue weighted by molar-refractivity contribution is 5.99. The monoisotopic (exact) mass is 365 g/mol. The van der Waals surface area contributed by atoms with Crippen molar-refractivity contribution in [3.63, 3.8) is 0 Å². The lowest BCUT2D eigenvalue weighted by Gasteiger charge is -2.24. The molecule has 1 aliphatic rings. The van der Waals surface area contributed by atoms with Crippen molar-refractivity contribution >= 4 is 23.4 Å². The molecule has 1 fully saturated rings. The SMILES string of the molecule is CNC(=O)c1ccc(NC(=O)C2CCCN2C(=O)Cc2ccccc2)cc1. The van der Waals surface area contributed by atoms with Crippen molar-refractivity contribution in [2.24, 2.45) is 0 Å². The summed E-state index contributed by atoms with van der Waals surface area (Å²) in [5.41, 5.74) is 2.07. The lowest BCUT2D eigenvalue weighted by atomic mass is 10.1. The van der Waals surface area contributed by atoms with E-state index in [1.165, 1.54) is 0 Å². The molecular weight excluding hydrogens is 342 g/mol. The first kappa shape index (κ1) is 18.6. The number of amides is 3. The molecule has 2 aromatic rings. The summed E-state index contributed by atoms with van der Waals surface area (Å²) in [6, 6.07) is 15.8. The highest BCUT2D eigenvalue weighted by Crippen LogP contribution is 2.21. The smallest absolute Gasteiger partial charge is 0.251 e. The number of carbonyl (C=O) groups excluding carboxylic acids is 3. The van der Waals surface area contributed by atoms with E-state index in [1.54, 1.807) is 36.2 Å². The van der Waals surface area contributed by atoms with Crippen LogP contribution >= 0.6 is 0 Å². The van der Waals surface area contributed by atoms with Crippen LogP contribution in [0.4, 0.5) is 5.69 Å². The lowest BCUT2D eigenvalue weighted by molar-refractivity contribution is -0.136. The summed E-state index contributed by atoms with van der Waals surface area (Å²) in [5.74, 6) is -0.406. The summed E-state index contributed by atoms with van der Waals surface area (Å²) >= 11 is 0. The maximum atomic E-state index is 12.7. The third-order valence-electron chi connectivity index (χ3n) is 4.72. The molecule has 0 bridgehead atoms. The van der Waals surface area contributed by atoms with Gasteiger partial charge >= 0.3 is 0 Å². The van der Waals surface area contributed by atoms with Gasteiger partial charge in [0, 0.05) is 24.8 Å². The summed E-state index contributed by atoms with van der Waals surface area (Å²) in [5, 5.41) is 5.41. The molecule has 0 radical (unpaired) electrons. The van der Waals surface area contributed by atoms with Crippen LogP contribution in [0.15, 0.2) is 54.6 Å². The van der Waals surface area contributed by atoms with E-state index in [-0.39, 0.29) is 17.7 Å². The van der Waals surface area contributed by atoms with Crippen molar-refractivity contribution in [2.45, 2.75) is 25.3 Å². The minimum atomic E-state index is -0.458. The number of anilines is 1. The zero-order valence-electron chi connectivity index (χ0n) is 15.3. The molecule has 6 nitrogen and oxygen atoms in total. The number of benzene rings is 2. The van der Waals surface area contributed by atoms with Crippen LogP contribution in [-0.4, -0.2) is 42.3 Å². The van der Waals surface area contributed by atoms with Gasteiger partial charge in [0.05, 0.1) is 6.42 Å². The molecule has 2 aromatic carbocycles. The van der Waals surface area contributed by atoms with E-state index in [0.29, 0.717) is 30.6 Å². The largest absolute Gasteiger partial charge is 0.355 e. The van der Waals surface area contributed by atoms with Gasteiger partial charge in [0.1, 0.15) is 6.04 Å². The number of carbonyl (C=O) groups is 3. The van der Waals surface area contributed by atoms with Gasteiger partial charge in [-0.05, 0) is 42.7 Å². The van der Waals surface area contributed by atoms with Crippen LogP contribution < -0.4 is 10.6 Å². The Morgan fingerprint density at radius 3 is 2.41 bits per heavy atom. The second kappa shape index (κ2) is 8.49. The summed E-state index contributed by atoms with van der Waals surface area (Å²) in [6.07, 6.45) is 1.77. The van der Waals surface area contributed by atoms with E-state index in [0.717, 1.165) is 12.0 Å². The first-order valence-corrected chi connectivity index (χ1v) is 9.05. The van der Waals surface area contributed by atoms with Gasteiger partial charge in [0.15, 0.2) is 0 Å². The molecule has 0 aromatic heterocycles. The minimum Gasteiger partial charge on any atom is -0.355 e. The summed E-state index contributed by atoms with van der Waals surface area (Å²) in [6.45, 7) is 0.597. The van der Waals surface area contributed by atoms with Crippen molar-refractivity contribution in [1.82, 2.24) is 10.2 Å². The van der Waals surface area contributed by atoms with Crippen LogP contribution in [0.25, 0.3) is 0 Å². The number of nitrogens with one attached hydrogen (secondary N) is 2. The molecule has 6 heteroatoms. The summed E-state index contributed by atoms with van der Waals surface area (Å²) in [4.78, 5) is 38.6. The predicted octanol–water partition coefficient (Wildman–Crippen LogP) is 2.22. The first-order chi connectivity index (χ1) is 13.1. The quantitative estimate of drug-likeness (QED) is 0.853. The van der Waals surface area contributed by atoms with E-state index in [1.807, 2.05) is 30.3 Å². The molecule has 3 rings (SSSR count). The standard InChI is InChI=1S/C21H23N3O3/c1-22-20(26)16-9-11-17(12-10-16)23-21(27)18-8-5-13-24(18)19(25)14-15-6-3-2-4-7-15/h2-4,6-7,9-12,18H,5,8,13-14H2,1H3,(H,22,26)(H,23,27). The van der Waals surface area contributed by atoms with Gasteiger partial charge in [-0.1, -0.05) is 30.3 Å². The van der Waals surface area contributed by atoms with E-state index < -0.39 is 6.04 Å². The van der Waals surface area contributed by atoms with Crippen molar-refractivity contribution in [3.8, 4) is 0 Å². The van der Waals surface area contributed by atoms with Gasteiger partial charge in [-0.25, -0.2) is 0 Å². The van der Waals surface area contributed by atoms with Gasteiger partial charge < -0.3 is 15.5 Å². The molecule has 1 heterocycles. The van der Waals surface area contributed by atoms with Gasteiger partial charge in [-0.3, -0.25) is 14.4 Å². The first-order valence-electron chi connectivity index (χ1n) is 9.05. The Bertz CT molecular complexity index is 818. The van der Waals surface area contributed by atoms with Crippen molar-refractivity contribution < 1.29 is 14.4 Å². The van der Waals surface area contributed by atoms with Crippen LogP contribution in [0, 0.1) is 0 Å². The Morgan fingerprint density at radius 1 is 1.04 bits per heavy atom. The van der Waals surface area contributed by atoms with Crippen LogP contribution in [0.1, 0.15) is 28.8 Å². The van der Waals surface area contributed by atoms with E-state index >= 15 is 0 Å². The molecule has 1 atom stereocenters. The lowest BCUT2D eigenvalue weighted by Crippen LogP contribution is -2.43. The second-order valence-corrected chi connectivity index (χ2v) is 6.55. The normalized spacial score (nSPS) is 16.0. The van der Waals surface area contributed by atoms with E-state index in [2.05, 4.69) is 10.6 Å². The van der Waals surface area contributed by atoms with Gasteiger partial charge in [0.2, 0.25) is 11.8 Å². The summed E-state index contributed by atoms with van der Waals surface area (Å²) in [7, 11) is 1.57. The second-order valence-electron chi connectivity index (χ2n) is 6.55. The molecule has 0 aliphatic carbocycles. The van der Waals surface area contributed by atoms with Gasteiger partial charge in [-0.15, -0.1) is 0 Å². The van der Waals surface area contributed by atoms with E-state index in [4.69, 9.17) is 0 Å². The highest BCUT2D eigenvalue weighted by atomic mass is 16.2. The van der Waals surface area contributed by atoms with Crippen molar-refractivity contribution in [2.75, 3.05) is 18.9 Å². The fraction of sp³-hybridized carbons (Fsp3) is 0.286. The predicted molar refractivity (Wildman–Crippen MR) is 103 cm³/mol. The number of likely N-dealkylation sites (tertiary alicyclic amines) is 1. The Kier molecular flexibility index (Phi) is 5.86. The van der Waals surface area contributed by atoms with E-state index in [9.17, 15) is 14.4 Å². The fourth-order valence-electron chi connectivity index (χ4n) is 3.28. The average Bonchev–Trinajstić information content (AvgIpc) is 3.19. The Morgan fingerprint density at radius 2 is 1.74 bits per heavy atom. The molecule has 1 unspecified atom stereocenters. The van der Waals surface area contributed by atoms with Gasteiger partial charge in [-0.2, -0.15) is 0 Å². The summed E-state index contributed by atoms with van der Waals surface area (Å²) < 4.78 is 0. The minimum absolute atomic E-state index is 0.0335. The zero-order valence-corrected chi connectivity index (χ0v) is 15.3. The Balaban J connectivity index is 1.63. The highest BCUT2D eigenvalue weighted by Gasteiger charge is 2.33. The van der Waals surface area contributed by atoms with Crippen LogP contribution in [-0.2, 0) is 16.0 Å². The van der Waals surface area contributed by atoms with Crippen LogP contribution in [0.5, 0.6) is 0 Å². The fourth-order valence-corrected chi connectivity index (χ4v) is 3.28. The average molecular weight is 365 g/mol. The molecule has 1 saturated heterocycles. The molecule has 1 aliphatic heterocycles. The third kappa shape index (κ3) is 4.53. The number of hydrogen-bond donors (Lipinski definition) is 2. The third-order valence-corrected chi connectivity index (χ3v) is 4.72. The van der Waals surface area contributed by atoms with Crippen molar-refractivity contribution in [3.05, 3.63) is 65.7 Å². The molecule has 3 amide bonds. The zero-order chi connectivity index (χ0) is 19.2. The molecular formula is C21H23N3O3. The number of rotatable bonds is 5. The Labute approximate surface area is 158 Å². The number of hydrogen-bond acceptors (Lipinski definition) is 3. The molecule has 0 saturated carbocycles. The maximum absolute atomic E-state index is 12.7. The van der Waals surface area contributed by atoms with Gasteiger partial charge in [0.25, 0.3) is 5.91 Å². The van der Waals surface area contributed by atoms with Crippen molar-refractivity contribution in [1.29, 1.82) is 0 Å². The molecule has 140 valence electrons. The molecule has 27 heavy (non-hydrogen) atoms.